The van der Waals surface area contributed by atoms with Gasteiger partial charge in [-0.25, -0.2) is 4.68 Å². The Kier molecular flexibility index (Phi) is 4.17. The molecule has 0 radical (unpaired) electrons. The van der Waals surface area contributed by atoms with E-state index < -0.39 is 0 Å². The summed E-state index contributed by atoms with van der Waals surface area (Å²) in [5, 5.41) is 9.06. The van der Waals surface area contributed by atoms with E-state index in [1.165, 1.54) is 0 Å². The molecule has 1 aromatic carbocycles. The summed E-state index contributed by atoms with van der Waals surface area (Å²) < 4.78 is 1.78. The van der Waals surface area contributed by atoms with Crippen LogP contribution in [0.2, 0.25) is 5.02 Å². The lowest BCUT2D eigenvalue weighted by Gasteiger charge is -2.19. The fourth-order valence-electron chi connectivity index (χ4n) is 2.37. The normalized spacial score (nSPS) is 18.5. The molecule has 7 heteroatoms. The minimum Gasteiger partial charge on any atom is -0.324 e. The van der Waals surface area contributed by atoms with E-state index >= 15 is 0 Å². The zero-order valence-electron chi connectivity index (χ0n) is 11.6. The van der Waals surface area contributed by atoms with E-state index in [-0.39, 0.29) is 11.3 Å². The molecule has 1 amide bonds. The van der Waals surface area contributed by atoms with Crippen LogP contribution in [0.5, 0.6) is 0 Å². The van der Waals surface area contributed by atoms with Crippen LogP contribution in [0.15, 0.2) is 30.5 Å². The van der Waals surface area contributed by atoms with Gasteiger partial charge in [0.2, 0.25) is 5.91 Å². The Morgan fingerprint density at radius 2 is 2.33 bits per heavy atom. The maximum Gasteiger partial charge on any atom is 0.233 e. The van der Waals surface area contributed by atoms with Gasteiger partial charge in [-0.15, -0.1) is 16.9 Å². The monoisotopic (exact) mass is 322 g/mol. The molecule has 0 spiro atoms. The Morgan fingerprint density at radius 1 is 1.48 bits per heavy atom. The molecule has 3 rings (SSSR count). The lowest BCUT2D eigenvalue weighted by molar-refractivity contribution is -0.127. The van der Waals surface area contributed by atoms with Gasteiger partial charge < -0.3 is 4.90 Å². The molecule has 21 heavy (non-hydrogen) atoms. The third kappa shape index (κ3) is 3.06. The summed E-state index contributed by atoms with van der Waals surface area (Å²) in [4.78, 5) is 13.6. The van der Waals surface area contributed by atoms with Crippen LogP contribution in [0.25, 0.3) is 0 Å². The largest absolute Gasteiger partial charge is 0.324 e. The number of halogens is 1. The van der Waals surface area contributed by atoms with Gasteiger partial charge in [0, 0.05) is 11.6 Å². The molecule has 2 aromatic rings. The highest BCUT2D eigenvalue weighted by atomic mass is 35.5. The van der Waals surface area contributed by atoms with Crippen molar-refractivity contribution in [1.29, 1.82) is 0 Å². The summed E-state index contributed by atoms with van der Waals surface area (Å²) in [6, 6.07) is 7.67. The molecule has 1 saturated heterocycles. The average Bonchev–Trinajstić information content (AvgIpc) is 3.05. The maximum absolute atomic E-state index is 11.8. The Labute approximate surface area is 132 Å². The lowest BCUT2D eigenvalue weighted by atomic mass is 10.2. The number of carbonyl (C=O) groups is 1. The van der Waals surface area contributed by atoms with Crippen LogP contribution in [0.4, 0.5) is 0 Å². The van der Waals surface area contributed by atoms with Crippen molar-refractivity contribution in [3.8, 4) is 0 Å². The number of hydrogen-bond donors (Lipinski definition) is 0. The number of aromatic nitrogens is 3. The SMILES string of the molecule is CCN1C(=O)CS[C@@H]1c1cn(Cc2cccc(Cl)c2)nn1. The minimum atomic E-state index is -0.0180. The van der Waals surface area contributed by atoms with E-state index in [0.29, 0.717) is 23.9 Å². The van der Waals surface area contributed by atoms with Gasteiger partial charge in [-0.05, 0) is 24.6 Å². The van der Waals surface area contributed by atoms with Gasteiger partial charge in [0.05, 0.1) is 18.5 Å². The smallest absolute Gasteiger partial charge is 0.233 e. The first-order chi connectivity index (χ1) is 10.2. The van der Waals surface area contributed by atoms with Crippen LogP contribution in [0, 0.1) is 0 Å². The zero-order chi connectivity index (χ0) is 14.8. The second-order valence-corrected chi connectivity index (χ2v) is 6.32. The molecular weight excluding hydrogens is 308 g/mol. The molecule has 1 aromatic heterocycles. The number of amides is 1. The first-order valence-electron chi connectivity index (χ1n) is 6.73. The van der Waals surface area contributed by atoms with Gasteiger partial charge in [-0.1, -0.05) is 28.9 Å². The van der Waals surface area contributed by atoms with Gasteiger partial charge in [-0.3, -0.25) is 4.79 Å². The van der Waals surface area contributed by atoms with E-state index in [1.807, 2.05) is 42.3 Å². The minimum absolute atomic E-state index is 0.0180. The molecule has 0 N–H and O–H groups in total. The van der Waals surface area contributed by atoms with Crippen molar-refractivity contribution in [3.05, 3.63) is 46.7 Å². The van der Waals surface area contributed by atoms with Crippen LogP contribution in [-0.2, 0) is 11.3 Å². The summed E-state index contributed by atoms with van der Waals surface area (Å²) in [5.74, 6) is 0.677. The van der Waals surface area contributed by atoms with Gasteiger partial charge in [0.1, 0.15) is 11.1 Å². The first-order valence-corrected chi connectivity index (χ1v) is 8.15. The first kappa shape index (κ1) is 14.4. The van der Waals surface area contributed by atoms with Crippen molar-refractivity contribution in [2.45, 2.75) is 18.8 Å². The Balaban J connectivity index is 1.76. The quantitative estimate of drug-likeness (QED) is 0.868. The highest BCUT2D eigenvalue weighted by Gasteiger charge is 2.33. The molecule has 1 aliphatic heterocycles. The topological polar surface area (TPSA) is 51.0 Å². The van der Waals surface area contributed by atoms with E-state index in [2.05, 4.69) is 10.3 Å². The van der Waals surface area contributed by atoms with E-state index in [4.69, 9.17) is 11.6 Å². The molecule has 0 unspecified atom stereocenters. The number of hydrogen-bond acceptors (Lipinski definition) is 4. The molecule has 0 aliphatic carbocycles. The van der Waals surface area contributed by atoms with Gasteiger partial charge in [-0.2, -0.15) is 0 Å². The fraction of sp³-hybridized carbons (Fsp3) is 0.357. The highest BCUT2D eigenvalue weighted by Crippen LogP contribution is 2.37. The number of carbonyl (C=O) groups excluding carboxylic acids is 1. The van der Waals surface area contributed by atoms with Crippen molar-refractivity contribution >= 4 is 29.3 Å². The highest BCUT2D eigenvalue weighted by molar-refractivity contribution is 8.00. The Hall–Kier alpha value is -1.53. The molecule has 2 heterocycles. The molecule has 0 saturated carbocycles. The second kappa shape index (κ2) is 6.07. The third-order valence-corrected chi connectivity index (χ3v) is 4.81. The average molecular weight is 323 g/mol. The number of nitrogens with zero attached hydrogens (tertiary/aromatic N) is 4. The van der Waals surface area contributed by atoms with Crippen molar-refractivity contribution in [3.63, 3.8) is 0 Å². The number of benzene rings is 1. The molecule has 1 aliphatic rings. The van der Waals surface area contributed by atoms with Crippen molar-refractivity contribution < 1.29 is 4.79 Å². The summed E-state index contributed by atoms with van der Waals surface area (Å²) in [6.07, 6.45) is 1.90. The molecule has 1 atom stereocenters. The molecule has 1 fully saturated rings. The van der Waals surface area contributed by atoms with Crippen LogP contribution in [0.3, 0.4) is 0 Å². The lowest BCUT2D eigenvalue weighted by Crippen LogP contribution is -2.27. The molecule has 110 valence electrons. The molecule has 0 bridgehead atoms. The standard InChI is InChI=1S/C14H15ClN4OS/c1-2-19-13(20)9-21-14(19)12-8-18(17-16-12)7-10-4-3-5-11(15)6-10/h3-6,8,14H,2,7,9H2,1H3/t14-/m1/s1. The Bertz CT molecular complexity index is 660. The second-order valence-electron chi connectivity index (χ2n) is 4.81. The van der Waals surface area contributed by atoms with E-state index in [1.54, 1.807) is 16.4 Å². The van der Waals surface area contributed by atoms with Gasteiger partial charge in [0.25, 0.3) is 0 Å². The van der Waals surface area contributed by atoms with E-state index in [9.17, 15) is 4.79 Å². The predicted octanol–water partition coefficient (Wildman–Crippen LogP) is 2.57. The number of thioether (sulfide) groups is 1. The van der Waals surface area contributed by atoms with E-state index in [0.717, 1.165) is 11.3 Å². The third-order valence-electron chi connectivity index (χ3n) is 3.35. The predicted molar refractivity (Wildman–Crippen MR) is 83.2 cm³/mol. The summed E-state index contributed by atoms with van der Waals surface area (Å²) in [6.45, 7) is 3.29. The van der Waals surface area contributed by atoms with Crippen LogP contribution in [-0.4, -0.2) is 38.1 Å². The maximum atomic E-state index is 11.8. The molecular formula is C14H15ClN4OS. The summed E-state index contributed by atoms with van der Waals surface area (Å²) >= 11 is 7.58. The van der Waals surface area contributed by atoms with Crippen molar-refractivity contribution in [2.75, 3.05) is 12.3 Å². The van der Waals surface area contributed by atoms with Gasteiger partial charge in [0.15, 0.2) is 0 Å². The zero-order valence-corrected chi connectivity index (χ0v) is 13.1. The fourth-order valence-corrected chi connectivity index (χ4v) is 3.77. The Morgan fingerprint density at radius 3 is 3.10 bits per heavy atom. The van der Waals surface area contributed by atoms with Crippen molar-refractivity contribution in [1.82, 2.24) is 19.9 Å². The van der Waals surface area contributed by atoms with Crippen LogP contribution in [0.1, 0.15) is 23.6 Å². The van der Waals surface area contributed by atoms with Crippen molar-refractivity contribution in [2.24, 2.45) is 0 Å². The summed E-state index contributed by atoms with van der Waals surface area (Å²) in [7, 11) is 0. The van der Waals surface area contributed by atoms with Crippen LogP contribution < -0.4 is 0 Å². The van der Waals surface area contributed by atoms with Gasteiger partial charge >= 0.3 is 0 Å². The summed E-state index contributed by atoms with van der Waals surface area (Å²) in [5.41, 5.74) is 1.90. The van der Waals surface area contributed by atoms with Crippen LogP contribution >= 0.6 is 23.4 Å². The molecule has 5 nitrogen and oxygen atoms in total. The number of rotatable bonds is 4.